The molecule has 1 atom stereocenters. The Morgan fingerprint density at radius 3 is 1.95 bits per heavy atom. The van der Waals surface area contributed by atoms with Crippen LogP contribution in [0.1, 0.15) is 17.3 Å². The lowest BCUT2D eigenvalue weighted by Gasteiger charge is -2.27. The van der Waals surface area contributed by atoms with Gasteiger partial charge in [-0.05, 0) is 81.8 Å². The summed E-state index contributed by atoms with van der Waals surface area (Å²) in [6.07, 6.45) is 7.53. The lowest BCUT2D eigenvalue weighted by atomic mass is 9.97. The molecule has 6 heteroatoms. The minimum absolute atomic E-state index is 0.236. The summed E-state index contributed by atoms with van der Waals surface area (Å²) in [7, 11) is 0. The number of para-hydroxylation sites is 4. The molecule has 6 nitrogen and oxygen atoms in total. The highest BCUT2D eigenvalue weighted by atomic mass is 15.2. The second-order valence-corrected chi connectivity index (χ2v) is 14.7. The molecule has 2 aliphatic rings. The third-order valence-electron chi connectivity index (χ3n) is 11.1. The van der Waals surface area contributed by atoms with E-state index in [1.807, 2.05) is 6.34 Å². The molecule has 0 aliphatic carbocycles. The molecule has 59 heavy (non-hydrogen) atoms. The first kappa shape index (κ1) is 34.3. The minimum atomic E-state index is -0.236. The number of hydrogen-bond acceptors (Lipinski definition) is 3. The number of aromatic nitrogens is 2. The molecule has 1 unspecified atom stereocenters. The first-order valence-corrected chi connectivity index (χ1v) is 19.9. The van der Waals surface area contributed by atoms with E-state index in [1.54, 1.807) is 0 Å². The molecule has 0 saturated carbocycles. The van der Waals surface area contributed by atoms with Gasteiger partial charge in [-0.2, -0.15) is 0 Å². The van der Waals surface area contributed by atoms with Crippen LogP contribution in [0.2, 0.25) is 0 Å². The van der Waals surface area contributed by atoms with Gasteiger partial charge < -0.3 is 4.90 Å². The smallest absolute Gasteiger partial charge is 0.288 e. The van der Waals surface area contributed by atoms with E-state index in [4.69, 9.17) is 9.98 Å². The average Bonchev–Trinajstić information content (AvgIpc) is 3.93. The summed E-state index contributed by atoms with van der Waals surface area (Å²) in [6, 6.07) is 72.4. The zero-order chi connectivity index (χ0) is 39.1. The van der Waals surface area contributed by atoms with Gasteiger partial charge in [-0.3, -0.25) is 9.13 Å². The highest BCUT2D eigenvalue weighted by Gasteiger charge is 2.34. The van der Waals surface area contributed by atoms with Crippen molar-refractivity contribution in [1.82, 2.24) is 4.57 Å². The van der Waals surface area contributed by atoms with Gasteiger partial charge in [-0.25, -0.2) is 9.57 Å². The summed E-state index contributed by atoms with van der Waals surface area (Å²) < 4.78 is 6.47. The van der Waals surface area contributed by atoms with Crippen molar-refractivity contribution in [1.29, 1.82) is 0 Å². The molecule has 11 rings (SSSR count). The van der Waals surface area contributed by atoms with Crippen LogP contribution >= 0.6 is 0 Å². The average molecular weight is 758 g/mol. The van der Waals surface area contributed by atoms with Gasteiger partial charge in [0.25, 0.3) is 12.7 Å². The zero-order valence-electron chi connectivity index (χ0n) is 32.0. The van der Waals surface area contributed by atoms with Crippen LogP contribution in [0.15, 0.2) is 216 Å². The molecule has 1 aromatic heterocycles. The van der Waals surface area contributed by atoms with E-state index in [9.17, 15) is 0 Å². The fourth-order valence-corrected chi connectivity index (χ4v) is 8.38. The fourth-order valence-electron chi connectivity index (χ4n) is 8.38. The van der Waals surface area contributed by atoms with Crippen LogP contribution in [0.3, 0.4) is 0 Å². The molecular formula is C53H37N6+. The molecule has 9 aromatic rings. The fraction of sp³-hybridized carbons (Fsp3) is 0.0189. The molecule has 2 aliphatic heterocycles. The molecule has 3 heterocycles. The van der Waals surface area contributed by atoms with Gasteiger partial charge in [0.1, 0.15) is 11.9 Å². The lowest BCUT2D eigenvalue weighted by molar-refractivity contribution is -0.571. The minimum Gasteiger partial charge on any atom is -0.311 e. The highest BCUT2D eigenvalue weighted by molar-refractivity contribution is 6.39. The number of imidazole rings is 1. The topological polar surface area (TPSA) is 39.8 Å². The van der Waals surface area contributed by atoms with Crippen LogP contribution in [0, 0.1) is 6.33 Å². The van der Waals surface area contributed by atoms with E-state index < -0.39 is 0 Å². The molecule has 0 saturated heterocycles. The molecule has 0 fully saturated rings. The predicted octanol–water partition coefficient (Wildman–Crippen LogP) is 11.8. The Balaban J connectivity index is 1.01. The standard InChI is InChI=1S/C53H37N6/c1-4-17-38(18-5-1)44-25-10-11-27-46(44)49-35-56-36-54-48-32-31-43(34-47(48)53(56)55-49)59(40-21-8-3-9-22-40)42-24-16-23-41(33-42)57-37-58(52-30-15-14-29-51(52)57)50-28-13-12-26-45(50)39-19-6-2-7-20-39/h1-36,53H/q+1. The number of nitrogens with zero attached hydrogens (tertiary/aromatic N) is 6. The van der Waals surface area contributed by atoms with Gasteiger partial charge in [-0.1, -0.05) is 152 Å². The van der Waals surface area contributed by atoms with Crippen molar-refractivity contribution in [2.45, 2.75) is 6.17 Å². The Bertz CT molecular complexity index is 3110. The van der Waals surface area contributed by atoms with E-state index in [0.717, 1.165) is 78.7 Å². The normalized spacial score (nSPS) is 14.1. The summed E-state index contributed by atoms with van der Waals surface area (Å²) in [5.74, 6) is 0. The van der Waals surface area contributed by atoms with Gasteiger partial charge >= 0.3 is 0 Å². The number of hydrogen-bond donors (Lipinski definition) is 0. The van der Waals surface area contributed by atoms with E-state index in [2.05, 4.69) is 237 Å². The molecule has 278 valence electrons. The second-order valence-electron chi connectivity index (χ2n) is 14.7. The van der Waals surface area contributed by atoms with Gasteiger partial charge in [0, 0.05) is 22.6 Å². The SMILES string of the molecule is [c-]1n(-c2cccc(N(c3ccccc3)c3ccc4c(c3)C3N=C(c5ccccc5-c5ccccc5)C=[N+]3C=N4)c2)c2ccccc2[n+]1-c1ccccc1-c1ccccc1. The third-order valence-corrected chi connectivity index (χ3v) is 11.1. The van der Waals surface area contributed by atoms with Gasteiger partial charge in [0.15, 0.2) is 5.69 Å². The van der Waals surface area contributed by atoms with Crippen molar-refractivity contribution in [3.05, 3.63) is 224 Å². The highest BCUT2D eigenvalue weighted by Crippen LogP contribution is 2.42. The van der Waals surface area contributed by atoms with E-state index in [-0.39, 0.29) is 6.17 Å². The van der Waals surface area contributed by atoms with Crippen molar-refractivity contribution >= 4 is 52.0 Å². The third kappa shape index (κ3) is 6.15. The molecule has 0 N–H and O–H groups in total. The van der Waals surface area contributed by atoms with Crippen molar-refractivity contribution in [2.24, 2.45) is 9.98 Å². The van der Waals surface area contributed by atoms with Crippen LogP contribution in [-0.4, -0.2) is 27.4 Å². The first-order valence-electron chi connectivity index (χ1n) is 19.9. The van der Waals surface area contributed by atoms with E-state index in [1.165, 1.54) is 5.56 Å². The maximum atomic E-state index is 5.36. The van der Waals surface area contributed by atoms with Crippen LogP contribution in [0.25, 0.3) is 44.7 Å². The Morgan fingerprint density at radius 2 is 1.15 bits per heavy atom. The summed E-state index contributed by atoms with van der Waals surface area (Å²) in [5, 5.41) is 0. The quantitative estimate of drug-likeness (QED) is 0.112. The van der Waals surface area contributed by atoms with Crippen molar-refractivity contribution in [3.8, 4) is 33.6 Å². The molecule has 0 radical (unpaired) electrons. The molecule has 0 bridgehead atoms. The summed E-state index contributed by atoms with van der Waals surface area (Å²) in [6.45, 7) is 0. The van der Waals surface area contributed by atoms with E-state index in [0.29, 0.717) is 0 Å². The molecule has 0 spiro atoms. The van der Waals surface area contributed by atoms with E-state index >= 15 is 0 Å². The Kier molecular flexibility index (Phi) is 8.44. The molecule has 8 aromatic carbocycles. The van der Waals surface area contributed by atoms with Crippen LogP contribution in [0.5, 0.6) is 0 Å². The summed E-state index contributed by atoms with van der Waals surface area (Å²) >= 11 is 0. The van der Waals surface area contributed by atoms with Gasteiger partial charge in [-0.15, -0.1) is 0 Å². The predicted molar refractivity (Wildman–Crippen MR) is 239 cm³/mol. The number of anilines is 3. The van der Waals surface area contributed by atoms with Crippen molar-refractivity contribution in [3.63, 3.8) is 0 Å². The number of aliphatic imine (C=N–C) groups is 2. The lowest BCUT2D eigenvalue weighted by Crippen LogP contribution is -2.30. The second kappa shape index (κ2) is 14.5. The van der Waals surface area contributed by atoms with Crippen molar-refractivity contribution < 1.29 is 9.14 Å². The Hall–Kier alpha value is -7.96. The molecular weight excluding hydrogens is 721 g/mol. The first-order chi connectivity index (χ1) is 29.3. The van der Waals surface area contributed by atoms with Crippen LogP contribution < -0.4 is 9.47 Å². The van der Waals surface area contributed by atoms with Crippen molar-refractivity contribution in [2.75, 3.05) is 4.90 Å². The summed E-state index contributed by atoms with van der Waals surface area (Å²) in [5.41, 5.74) is 15.9. The largest absolute Gasteiger partial charge is 0.311 e. The van der Waals surface area contributed by atoms with Gasteiger partial charge in [0.2, 0.25) is 6.17 Å². The van der Waals surface area contributed by atoms with Crippen LogP contribution in [0.4, 0.5) is 22.7 Å². The zero-order valence-corrected chi connectivity index (χ0v) is 32.0. The van der Waals surface area contributed by atoms with Gasteiger partial charge in [0.05, 0.1) is 28.0 Å². The summed E-state index contributed by atoms with van der Waals surface area (Å²) in [4.78, 5) is 12.6. The number of rotatable bonds is 8. The maximum Gasteiger partial charge on any atom is 0.288 e. The number of benzene rings is 8. The Morgan fingerprint density at radius 1 is 0.525 bits per heavy atom. The monoisotopic (exact) mass is 757 g/mol. The Labute approximate surface area is 342 Å². The maximum absolute atomic E-state index is 5.36. The molecule has 0 amide bonds. The number of fused-ring (bicyclic) bond motifs is 4. The van der Waals surface area contributed by atoms with Crippen LogP contribution in [-0.2, 0) is 0 Å².